The molecule has 43 heavy (non-hydrogen) atoms. The molecule has 1 atom stereocenters. The van der Waals surface area contributed by atoms with E-state index < -0.39 is 35.0 Å². The van der Waals surface area contributed by atoms with Crippen molar-refractivity contribution in [1.82, 2.24) is 5.32 Å². The largest absolute Gasteiger partial charge is 0.460 e. The molecule has 2 N–H and O–H groups in total. The van der Waals surface area contributed by atoms with Gasteiger partial charge in [0.2, 0.25) is 0 Å². The summed E-state index contributed by atoms with van der Waals surface area (Å²) in [5, 5.41) is 7.20. The van der Waals surface area contributed by atoms with Crippen molar-refractivity contribution in [3.63, 3.8) is 0 Å². The van der Waals surface area contributed by atoms with E-state index in [9.17, 15) is 31.1 Å². The van der Waals surface area contributed by atoms with E-state index >= 15 is 0 Å². The molecule has 220 valence electrons. The lowest BCUT2D eigenvalue weighted by Gasteiger charge is -2.18. The zero-order valence-corrected chi connectivity index (χ0v) is 22.4. The molecule has 0 saturated heterocycles. The smallest absolute Gasteiger partial charge is 0.417 e. The van der Waals surface area contributed by atoms with Crippen molar-refractivity contribution in [3.8, 4) is 11.1 Å². The van der Waals surface area contributed by atoms with Crippen molar-refractivity contribution in [2.24, 2.45) is 0 Å². The highest BCUT2D eigenvalue weighted by molar-refractivity contribution is 6.09. The highest BCUT2D eigenvalue weighted by Gasteiger charge is 2.36. The lowest BCUT2D eigenvalue weighted by atomic mass is 9.92. The van der Waals surface area contributed by atoms with E-state index in [-0.39, 0.29) is 17.2 Å². The van der Waals surface area contributed by atoms with Crippen LogP contribution in [0.4, 0.5) is 32.0 Å². The average Bonchev–Trinajstić information content (AvgIpc) is 3.58. The molecule has 4 nitrogen and oxygen atoms in total. The summed E-state index contributed by atoms with van der Waals surface area (Å²) in [6, 6.07) is 21.6. The zero-order chi connectivity index (χ0) is 30.4. The summed E-state index contributed by atoms with van der Waals surface area (Å²) in [6.07, 6.45) is -8.06. The molecule has 4 aromatic carbocycles. The Kier molecular flexibility index (Phi) is 7.25. The summed E-state index contributed by atoms with van der Waals surface area (Å²) >= 11 is 0. The Morgan fingerprint density at radius 2 is 1.53 bits per heavy atom. The molecule has 1 amide bonds. The number of para-hydroxylation sites is 1. The van der Waals surface area contributed by atoms with Crippen LogP contribution in [0.5, 0.6) is 0 Å². The molecule has 0 spiro atoms. The van der Waals surface area contributed by atoms with Gasteiger partial charge in [0.1, 0.15) is 11.3 Å². The van der Waals surface area contributed by atoms with Crippen LogP contribution in [-0.4, -0.2) is 11.9 Å². The quantitative estimate of drug-likeness (QED) is 0.194. The Bertz CT molecular complexity index is 1770. The van der Waals surface area contributed by atoms with E-state index in [0.29, 0.717) is 30.8 Å². The second-order valence-corrected chi connectivity index (χ2v) is 10.5. The SMILES string of the molecule is O=C(Nc1ccc2c(c1)C[C@@H](NCc1cc3ccccc3o1)C2)c1cccc(C(F)(F)F)c1-c1ccc(C(F)(F)F)cc1. The van der Waals surface area contributed by atoms with E-state index in [1.54, 1.807) is 12.1 Å². The van der Waals surface area contributed by atoms with Crippen LogP contribution < -0.4 is 10.6 Å². The molecule has 1 aliphatic rings. The minimum atomic E-state index is -4.84. The van der Waals surface area contributed by atoms with Crippen molar-refractivity contribution in [2.75, 3.05) is 5.32 Å². The van der Waals surface area contributed by atoms with E-state index in [0.717, 1.165) is 58.5 Å². The normalized spacial score (nSPS) is 15.1. The molecule has 10 heteroatoms. The van der Waals surface area contributed by atoms with Crippen molar-refractivity contribution < 1.29 is 35.6 Å². The Morgan fingerprint density at radius 1 is 0.791 bits per heavy atom. The molecule has 0 radical (unpaired) electrons. The highest BCUT2D eigenvalue weighted by Crippen LogP contribution is 2.40. The number of halogens is 6. The monoisotopic (exact) mass is 594 g/mol. The molecule has 0 fully saturated rings. The maximum Gasteiger partial charge on any atom is 0.417 e. The molecule has 5 aromatic rings. The first-order valence-electron chi connectivity index (χ1n) is 13.5. The summed E-state index contributed by atoms with van der Waals surface area (Å²) in [5.74, 6) is 0.00792. The molecule has 1 heterocycles. The average molecular weight is 595 g/mol. The Balaban J connectivity index is 1.20. The van der Waals surface area contributed by atoms with Gasteiger partial charge in [-0.15, -0.1) is 0 Å². The summed E-state index contributed by atoms with van der Waals surface area (Å²) < 4.78 is 87.0. The van der Waals surface area contributed by atoms with Gasteiger partial charge >= 0.3 is 12.4 Å². The number of alkyl halides is 6. The van der Waals surface area contributed by atoms with Crippen LogP contribution in [0.2, 0.25) is 0 Å². The molecule has 0 bridgehead atoms. The summed E-state index contributed by atoms with van der Waals surface area (Å²) in [5.41, 5.74) is 0.226. The predicted molar refractivity (Wildman–Crippen MR) is 151 cm³/mol. The van der Waals surface area contributed by atoms with Crippen LogP contribution >= 0.6 is 0 Å². The number of hydrogen-bond donors (Lipinski definition) is 2. The van der Waals surface area contributed by atoms with Gasteiger partial charge in [0, 0.05) is 28.2 Å². The minimum Gasteiger partial charge on any atom is -0.460 e. The molecule has 1 aliphatic carbocycles. The number of anilines is 1. The molecule has 0 saturated carbocycles. The van der Waals surface area contributed by atoms with Crippen LogP contribution in [0.3, 0.4) is 0 Å². The fourth-order valence-electron chi connectivity index (χ4n) is 5.52. The van der Waals surface area contributed by atoms with Crippen molar-refractivity contribution >= 4 is 22.6 Å². The summed E-state index contributed by atoms with van der Waals surface area (Å²) in [6.45, 7) is 0.541. The molecular formula is C33H24F6N2O2. The number of carbonyl (C=O) groups is 1. The van der Waals surface area contributed by atoms with Crippen molar-refractivity contribution in [2.45, 2.75) is 37.8 Å². The molecule has 6 rings (SSSR count). The van der Waals surface area contributed by atoms with E-state index in [1.807, 2.05) is 36.4 Å². The lowest BCUT2D eigenvalue weighted by molar-refractivity contribution is -0.138. The van der Waals surface area contributed by atoms with Crippen LogP contribution in [0, 0.1) is 0 Å². The Labute approximate surface area is 242 Å². The maximum atomic E-state index is 14.0. The third kappa shape index (κ3) is 6.01. The topological polar surface area (TPSA) is 54.3 Å². The fourth-order valence-corrected chi connectivity index (χ4v) is 5.52. The molecule has 0 aliphatic heterocycles. The zero-order valence-electron chi connectivity index (χ0n) is 22.4. The third-order valence-electron chi connectivity index (χ3n) is 7.55. The van der Waals surface area contributed by atoms with Gasteiger partial charge < -0.3 is 15.1 Å². The number of hydrogen-bond acceptors (Lipinski definition) is 3. The van der Waals surface area contributed by atoms with Crippen LogP contribution in [0.15, 0.2) is 95.4 Å². The van der Waals surface area contributed by atoms with Gasteiger partial charge in [0.15, 0.2) is 0 Å². The number of rotatable bonds is 6. The van der Waals surface area contributed by atoms with Gasteiger partial charge in [-0.2, -0.15) is 26.3 Å². The summed E-state index contributed by atoms with van der Waals surface area (Å²) in [4.78, 5) is 13.3. The van der Waals surface area contributed by atoms with Crippen LogP contribution in [0.25, 0.3) is 22.1 Å². The first-order chi connectivity index (χ1) is 20.5. The molecular weight excluding hydrogens is 570 g/mol. The lowest BCUT2D eigenvalue weighted by Crippen LogP contribution is -2.28. The van der Waals surface area contributed by atoms with Crippen molar-refractivity contribution in [3.05, 3.63) is 125 Å². The van der Waals surface area contributed by atoms with E-state index in [1.165, 1.54) is 6.07 Å². The minimum absolute atomic E-state index is 0.129. The van der Waals surface area contributed by atoms with Crippen LogP contribution in [-0.2, 0) is 31.7 Å². The van der Waals surface area contributed by atoms with Crippen LogP contribution in [0.1, 0.15) is 38.4 Å². The molecule has 1 aromatic heterocycles. The number of fused-ring (bicyclic) bond motifs is 2. The second kappa shape index (κ2) is 10.9. The van der Waals surface area contributed by atoms with Gasteiger partial charge in [-0.05, 0) is 78.1 Å². The Hall–Kier alpha value is -4.57. The highest BCUT2D eigenvalue weighted by atomic mass is 19.4. The standard InChI is InChI=1S/C33H24F6N2O2/c34-32(35,36)23-11-8-19(9-12-23)30-27(5-3-6-28(30)33(37,38)39)31(42)41-24-13-10-20-14-25(16-22(20)15-24)40-18-26-17-21-4-1-2-7-29(21)43-26/h1-13,15,17,25,40H,14,16,18H2,(H,41,42)/t25-/m0/s1. The molecule has 0 unspecified atom stereocenters. The van der Waals surface area contributed by atoms with Gasteiger partial charge in [-0.3, -0.25) is 4.79 Å². The number of benzene rings is 4. The second-order valence-electron chi connectivity index (χ2n) is 10.5. The number of carbonyl (C=O) groups excluding carboxylic acids is 1. The summed E-state index contributed by atoms with van der Waals surface area (Å²) in [7, 11) is 0. The van der Waals surface area contributed by atoms with E-state index in [2.05, 4.69) is 10.6 Å². The van der Waals surface area contributed by atoms with Gasteiger partial charge in [-0.25, -0.2) is 0 Å². The Morgan fingerprint density at radius 3 is 2.26 bits per heavy atom. The maximum absolute atomic E-state index is 14.0. The number of furan rings is 1. The van der Waals surface area contributed by atoms with Crippen molar-refractivity contribution in [1.29, 1.82) is 0 Å². The fraction of sp³-hybridized carbons (Fsp3) is 0.182. The number of nitrogens with one attached hydrogen (secondary N) is 2. The van der Waals surface area contributed by atoms with E-state index in [4.69, 9.17) is 4.42 Å². The van der Waals surface area contributed by atoms with Gasteiger partial charge in [0.25, 0.3) is 5.91 Å². The van der Waals surface area contributed by atoms with Gasteiger partial charge in [0.05, 0.1) is 17.7 Å². The number of amides is 1. The first kappa shape index (κ1) is 28.5. The van der Waals surface area contributed by atoms with Gasteiger partial charge in [-0.1, -0.05) is 42.5 Å². The predicted octanol–water partition coefficient (Wildman–Crippen LogP) is 8.65. The third-order valence-corrected chi connectivity index (χ3v) is 7.55. The first-order valence-corrected chi connectivity index (χ1v) is 13.5.